The van der Waals surface area contributed by atoms with Gasteiger partial charge in [0.1, 0.15) is 5.60 Å². The van der Waals surface area contributed by atoms with Gasteiger partial charge in [-0.2, -0.15) is 4.98 Å². The van der Waals surface area contributed by atoms with Crippen LogP contribution in [0, 0.1) is 0 Å². The molecule has 0 amide bonds. The maximum atomic E-state index is 5.78. The number of nitrogens with zero attached hydrogens (tertiary/aromatic N) is 2. The standard InChI is InChI=1S/C8H13ClN2O2/c1-5(9)6-10-7(13-11-6)8(2,3)12-4/h5H,1-4H3. The highest BCUT2D eigenvalue weighted by molar-refractivity contribution is 6.20. The van der Waals surface area contributed by atoms with Crippen molar-refractivity contribution < 1.29 is 9.26 Å². The molecule has 0 spiro atoms. The first-order chi connectivity index (χ1) is 5.97. The first-order valence-corrected chi connectivity index (χ1v) is 4.44. The summed E-state index contributed by atoms with van der Waals surface area (Å²) in [5.41, 5.74) is -0.559. The van der Waals surface area contributed by atoms with Gasteiger partial charge in [0.25, 0.3) is 5.89 Å². The second kappa shape index (κ2) is 3.64. The van der Waals surface area contributed by atoms with Gasteiger partial charge >= 0.3 is 0 Å². The highest BCUT2D eigenvalue weighted by Gasteiger charge is 2.27. The number of aromatic nitrogens is 2. The molecule has 1 atom stereocenters. The van der Waals surface area contributed by atoms with Crippen LogP contribution in [0.5, 0.6) is 0 Å². The molecular weight excluding hydrogens is 192 g/mol. The molecule has 1 aromatic heterocycles. The van der Waals surface area contributed by atoms with Crippen LogP contribution >= 0.6 is 11.6 Å². The van der Waals surface area contributed by atoms with Crippen molar-refractivity contribution in [2.24, 2.45) is 0 Å². The van der Waals surface area contributed by atoms with E-state index in [1.54, 1.807) is 14.0 Å². The van der Waals surface area contributed by atoms with Crippen LogP contribution < -0.4 is 0 Å². The van der Waals surface area contributed by atoms with E-state index in [1.807, 2.05) is 13.8 Å². The molecule has 74 valence electrons. The Kier molecular flexibility index (Phi) is 2.93. The predicted octanol–water partition coefficient (Wildman–Crippen LogP) is 2.25. The summed E-state index contributed by atoms with van der Waals surface area (Å²) in [7, 11) is 1.59. The molecule has 1 unspecified atom stereocenters. The van der Waals surface area contributed by atoms with Crippen molar-refractivity contribution in [2.75, 3.05) is 7.11 Å². The smallest absolute Gasteiger partial charge is 0.258 e. The quantitative estimate of drug-likeness (QED) is 0.709. The molecule has 5 heteroatoms. The average Bonchev–Trinajstić information content (AvgIpc) is 2.52. The zero-order chi connectivity index (χ0) is 10.1. The van der Waals surface area contributed by atoms with Crippen molar-refractivity contribution in [1.29, 1.82) is 0 Å². The van der Waals surface area contributed by atoms with Gasteiger partial charge in [-0.15, -0.1) is 11.6 Å². The minimum atomic E-state index is -0.559. The minimum absolute atomic E-state index is 0.245. The summed E-state index contributed by atoms with van der Waals surface area (Å²) in [5, 5.41) is 3.49. The van der Waals surface area contributed by atoms with Crippen LogP contribution in [0.15, 0.2) is 4.52 Å². The van der Waals surface area contributed by atoms with Gasteiger partial charge in [-0.05, 0) is 20.8 Å². The lowest BCUT2D eigenvalue weighted by atomic mass is 10.1. The van der Waals surface area contributed by atoms with Crippen molar-refractivity contribution in [1.82, 2.24) is 10.1 Å². The van der Waals surface area contributed by atoms with Crippen molar-refractivity contribution >= 4 is 11.6 Å². The van der Waals surface area contributed by atoms with E-state index in [-0.39, 0.29) is 5.38 Å². The van der Waals surface area contributed by atoms with E-state index in [2.05, 4.69) is 10.1 Å². The fourth-order valence-electron chi connectivity index (χ4n) is 0.728. The van der Waals surface area contributed by atoms with Gasteiger partial charge < -0.3 is 9.26 Å². The van der Waals surface area contributed by atoms with Crippen molar-refractivity contribution in [3.05, 3.63) is 11.7 Å². The molecule has 0 aromatic carbocycles. The molecule has 0 bridgehead atoms. The lowest BCUT2D eigenvalue weighted by Gasteiger charge is -2.16. The highest BCUT2D eigenvalue weighted by atomic mass is 35.5. The lowest BCUT2D eigenvalue weighted by Crippen LogP contribution is -2.19. The molecule has 1 heterocycles. The van der Waals surface area contributed by atoms with Crippen LogP contribution in [0.1, 0.15) is 37.9 Å². The summed E-state index contributed by atoms with van der Waals surface area (Å²) < 4.78 is 10.2. The second-order valence-electron chi connectivity index (χ2n) is 3.29. The van der Waals surface area contributed by atoms with Gasteiger partial charge in [0, 0.05) is 7.11 Å². The Morgan fingerprint density at radius 3 is 2.54 bits per heavy atom. The van der Waals surface area contributed by atoms with Gasteiger partial charge in [-0.1, -0.05) is 5.16 Å². The molecule has 1 aromatic rings. The fourth-order valence-corrected chi connectivity index (χ4v) is 0.817. The molecular formula is C8H13ClN2O2. The summed E-state index contributed by atoms with van der Waals surface area (Å²) in [6.45, 7) is 5.49. The van der Waals surface area contributed by atoms with E-state index in [4.69, 9.17) is 20.9 Å². The maximum absolute atomic E-state index is 5.78. The number of rotatable bonds is 3. The van der Waals surface area contributed by atoms with Gasteiger partial charge in [0.05, 0.1) is 5.38 Å². The molecule has 4 nitrogen and oxygen atoms in total. The Bertz CT molecular complexity index is 283. The third kappa shape index (κ3) is 2.19. The van der Waals surface area contributed by atoms with E-state index < -0.39 is 5.60 Å². The molecule has 0 saturated heterocycles. The fraction of sp³-hybridized carbons (Fsp3) is 0.750. The van der Waals surface area contributed by atoms with E-state index in [0.717, 1.165) is 0 Å². The number of halogens is 1. The second-order valence-corrected chi connectivity index (χ2v) is 3.94. The summed E-state index contributed by atoms with van der Waals surface area (Å²) in [4.78, 5) is 4.12. The average molecular weight is 205 g/mol. The minimum Gasteiger partial charge on any atom is -0.369 e. The number of ether oxygens (including phenoxy) is 1. The summed E-state index contributed by atoms with van der Waals surface area (Å²) >= 11 is 5.78. The summed E-state index contributed by atoms with van der Waals surface area (Å²) in [6.07, 6.45) is 0. The van der Waals surface area contributed by atoms with Crippen molar-refractivity contribution in [3.8, 4) is 0 Å². The molecule has 0 aliphatic heterocycles. The SMILES string of the molecule is COC(C)(C)c1nc(C(C)Cl)no1. The number of hydrogen-bond donors (Lipinski definition) is 0. The first-order valence-electron chi connectivity index (χ1n) is 4.00. The molecule has 0 fully saturated rings. The largest absolute Gasteiger partial charge is 0.369 e. The predicted molar refractivity (Wildman–Crippen MR) is 48.6 cm³/mol. The summed E-state index contributed by atoms with van der Waals surface area (Å²) in [5.74, 6) is 0.930. The Morgan fingerprint density at radius 2 is 2.15 bits per heavy atom. The molecule has 13 heavy (non-hydrogen) atoms. The number of hydrogen-bond acceptors (Lipinski definition) is 4. The maximum Gasteiger partial charge on any atom is 0.258 e. The van der Waals surface area contributed by atoms with Crippen LogP contribution in [-0.4, -0.2) is 17.3 Å². The van der Waals surface area contributed by atoms with Crippen LogP contribution in [-0.2, 0) is 10.3 Å². The first kappa shape index (κ1) is 10.5. The third-order valence-electron chi connectivity index (χ3n) is 1.82. The monoisotopic (exact) mass is 204 g/mol. The van der Waals surface area contributed by atoms with Crippen molar-refractivity contribution in [2.45, 2.75) is 31.7 Å². The van der Waals surface area contributed by atoms with Crippen LogP contribution in [0.3, 0.4) is 0 Å². The summed E-state index contributed by atoms with van der Waals surface area (Å²) in [6, 6.07) is 0. The van der Waals surface area contributed by atoms with Gasteiger partial charge in [-0.25, -0.2) is 0 Å². The highest BCUT2D eigenvalue weighted by Crippen LogP contribution is 2.24. The zero-order valence-corrected chi connectivity index (χ0v) is 8.92. The normalized spacial score (nSPS) is 14.5. The van der Waals surface area contributed by atoms with Gasteiger partial charge in [0.15, 0.2) is 5.82 Å². The number of alkyl halides is 1. The van der Waals surface area contributed by atoms with E-state index >= 15 is 0 Å². The van der Waals surface area contributed by atoms with Crippen LogP contribution in [0.25, 0.3) is 0 Å². The van der Waals surface area contributed by atoms with Crippen LogP contribution in [0.2, 0.25) is 0 Å². The Labute approximate surface area is 82.2 Å². The Morgan fingerprint density at radius 1 is 1.54 bits per heavy atom. The van der Waals surface area contributed by atoms with E-state index in [9.17, 15) is 0 Å². The molecule has 0 radical (unpaired) electrons. The number of methoxy groups -OCH3 is 1. The van der Waals surface area contributed by atoms with Gasteiger partial charge in [-0.3, -0.25) is 0 Å². The Hall–Kier alpha value is -0.610. The zero-order valence-electron chi connectivity index (χ0n) is 8.17. The van der Waals surface area contributed by atoms with E-state index in [1.165, 1.54) is 0 Å². The van der Waals surface area contributed by atoms with E-state index in [0.29, 0.717) is 11.7 Å². The van der Waals surface area contributed by atoms with Crippen molar-refractivity contribution in [3.63, 3.8) is 0 Å². The molecule has 0 aliphatic rings. The third-order valence-corrected chi connectivity index (χ3v) is 2.02. The molecule has 0 saturated carbocycles. The van der Waals surface area contributed by atoms with Crippen LogP contribution in [0.4, 0.5) is 0 Å². The molecule has 0 N–H and O–H groups in total. The molecule has 0 aliphatic carbocycles. The topological polar surface area (TPSA) is 48.2 Å². The Balaban J connectivity index is 2.91. The van der Waals surface area contributed by atoms with Gasteiger partial charge in [0.2, 0.25) is 0 Å². The molecule has 1 rings (SSSR count). The lowest BCUT2D eigenvalue weighted by molar-refractivity contribution is -0.00786.